The van der Waals surface area contributed by atoms with Gasteiger partial charge in [-0.1, -0.05) is 0 Å². The zero-order valence-electron chi connectivity index (χ0n) is 10.9. The van der Waals surface area contributed by atoms with Gasteiger partial charge in [0.25, 0.3) is 0 Å². The molecule has 0 saturated carbocycles. The number of amides is 1. The molecule has 0 aromatic carbocycles. The Balaban J connectivity index is 2.17. The van der Waals surface area contributed by atoms with E-state index in [9.17, 15) is 4.79 Å². The molecule has 1 N–H and O–H groups in total. The van der Waals surface area contributed by atoms with Gasteiger partial charge in [-0.15, -0.1) is 0 Å². The first-order valence-electron chi connectivity index (χ1n) is 6.05. The summed E-state index contributed by atoms with van der Waals surface area (Å²) < 4.78 is 0. The highest BCUT2D eigenvalue weighted by atomic mass is 16.4. The first-order chi connectivity index (χ1) is 8.49. The van der Waals surface area contributed by atoms with Gasteiger partial charge in [0.2, 0.25) is 5.95 Å². The Bertz CT molecular complexity index is 439. The highest BCUT2D eigenvalue weighted by Gasteiger charge is 2.33. The van der Waals surface area contributed by atoms with E-state index in [1.165, 1.54) is 4.90 Å². The topological polar surface area (TPSA) is 69.6 Å². The second-order valence-corrected chi connectivity index (χ2v) is 4.79. The monoisotopic (exact) mass is 250 g/mol. The van der Waals surface area contributed by atoms with Gasteiger partial charge in [-0.25, -0.2) is 14.8 Å². The standard InChI is InChI=1S/C12H18N4O2/c1-8-4-5-13-11(14-8)15-6-9(2)16(12(17)18)10(3)7-15/h4-5,9-10H,6-7H2,1-3H3,(H,17,18)/t9-,10-/m1/s1. The van der Waals surface area contributed by atoms with Gasteiger partial charge < -0.3 is 10.0 Å². The maximum atomic E-state index is 11.1. The minimum Gasteiger partial charge on any atom is -0.465 e. The van der Waals surface area contributed by atoms with Crippen molar-refractivity contribution in [1.82, 2.24) is 14.9 Å². The Kier molecular flexibility index (Phi) is 3.36. The van der Waals surface area contributed by atoms with Crippen molar-refractivity contribution in [3.8, 4) is 0 Å². The minimum absolute atomic E-state index is 0.0598. The largest absolute Gasteiger partial charge is 0.465 e. The van der Waals surface area contributed by atoms with Gasteiger partial charge in [0.1, 0.15) is 0 Å². The number of anilines is 1. The van der Waals surface area contributed by atoms with Crippen LogP contribution >= 0.6 is 0 Å². The number of aromatic nitrogens is 2. The van der Waals surface area contributed by atoms with E-state index in [-0.39, 0.29) is 12.1 Å². The summed E-state index contributed by atoms with van der Waals surface area (Å²) in [5.74, 6) is 0.679. The number of carbonyl (C=O) groups is 1. The summed E-state index contributed by atoms with van der Waals surface area (Å²) in [7, 11) is 0. The van der Waals surface area contributed by atoms with Crippen molar-refractivity contribution in [3.63, 3.8) is 0 Å². The molecule has 2 heterocycles. The molecule has 2 rings (SSSR count). The summed E-state index contributed by atoms with van der Waals surface area (Å²) in [6.07, 6.45) is 0.871. The van der Waals surface area contributed by atoms with Gasteiger partial charge in [0, 0.05) is 25.0 Å². The molecule has 1 aromatic rings. The molecule has 1 aliphatic rings. The lowest BCUT2D eigenvalue weighted by Crippen LogP contribution is -2.58. The highest BCUT2D eigenvalue weighted by molar-refractivity contribution is 5.66. The summed E-state index contributed by atoms with van der Waals surface area (Å²) in [5, 5.41) is 9.16. The van der Waals surface area contributed by atoms with E-state index in [1.807, 2.05) is 31.7 Å². The molecular weight excluding hydrogens is 232 g/mol. The van der Waals surface area contributed by atoms with Crippen molar-refractivity contribution in [2.45, 2.75) is 32.9 Å². The molecule has 1 aromatic heterocycles. The van der Waals surface area contributed by atoms with Gasteiger partial charge in [0.15, 0.2) is 0 Å². The fourth-order valence-electron chi connectivity index (χ4n) is 2.45. The molecule has 6 nitrogen and oxygen atoms in total. The third-order valence-corrected chi connectivity index (χ3v) is 3.20. The van der Waals surface area contributed by atoms with Gasteiger partial charge in [-0.2, -0.15) is 0 Å². The Morgan fingerprint density at radius 1 is 1.39 bits per heavy atom. The second-order valence-electron chi connectivity index (χ2n) is 4.79. The van der Waals surface area contributed by atoms with E-state index in [0.717, 1.165) is 5.69 Å². The van der Waals surface area contributed by atoms with E-state index in [1.54, 1.807) is 6.20 Å². The van der Waals surface area contributed by atoms with Crippen LogP contribution in [0, 0.1) is 6.92 Å². The zero-order chi connectivity index (χ0) is 13.3. The number of rotatable bonds is 1. The summed E-state index contributed by atoms with van der Waals surface area (Å²) >= 11 is 0. The predicted octanol–water partition coefficient (Wildman–Crippen LogP) is 1.36. The Hall–Kier alpha value is -1.85. The molecule has 1 aliphatic heterocycles. The van der Waals surface area contributed by atoms with Crippen LogP contribution in [-0.4, -0.2) is 51.2 Å². The molecule has 2 atom stereocenters. The van der Waals surface area contributed by atoms with E-state index in [4.69, 9.17) is 5.11 Å². The van der Waals surface area contributed by atoms with Crippen molar-refractivity contribution in [2.75, 3.05) is 18.0 Å². The van der Waals surface area contributed by atoms with Crippen LogP contribution in [0.1, 0.15) is 19.5 Å². The van der Waals surface area contributed by atoms with Crippen LogP contribution in [0.2, 0.25) is 0 Å². The van der Waals surface area contributed by atoms with Crippen LogP contribution in [0.4, 0.5) is 10.7 Å². The van der Waals surface area contributed by atoms with Crippen LogP contribution in [0.25, 0.3) is 0 Å². The van der Waals surface area contributed by atoms with Crippen LogP contribution in [0.3, 0.4) is 0 Å². The summed E-state index contributed by atoms with van der Waals surface area (Å²) in [4.78, 5) is 23.3. The maximum absolute atomic E-state index is 11.1. The SMILES string of the molecule is Cc1ccnc(N2C[C@@H](C)N(C(=O)O)[C@H](C)C2)n1. The number of carboxylic acid groups (broad SMARTS) is 1. The van der Waals surface area contributed by atoms with E-state index >= 15 is 0 Å². The quantitative estimate of drug-likeness (QED) is 0.815. The lowest BCUT2D eigenvalue weighted by molar-refractivity contribution is 0.0979. The molecule has 1 saturated heterocycles. The van der Waals surface area contributed by atoms with Crippen molar-refractivity contribution in [1.29, 1.82) is 0 Å². The summed E-state index contributed by atoms with van der Waals surface area (Å²) in [6, 6.07) is 1.73. The third-order valence-electron chi connectivity index (χ3n) is 3.20. The van der Waals surface area contributed by atoms with E-state index in [2.05, 4.69) is 9.97 Å². The van der Waals surface area contributed by atoms with E-state index < -0.39 is 6.09 Å². The summed E-state index contributed by atoms with van der Waals surface area (Å²) in [5.41, 5.74) is 0.918. The molecular formula is C12H18N4O2. The Morgan fingerprint density at radius 2 is 2.00 bits per heavy atom. The van der Waals surface area contributed by atoms with Gasteiger partial charge in [-0.05, 0) is 26.8 Å². The number of aryl methyl sites for hydroxylation is 1. The fraction of sp³-hybridized carbons (Fsp3) is 0.583. The van der Waals surface area contributed by atoms with Gasteiger partial charge in [0.05, 0.1) is 12.1 Å². The second kappa shape index (κ2) is 4.80. The molecule has 18 heavy (non-hydrogen) atoms. The maximum Gasteiger partial charge on any atom is 0.407 e. The molecule has 0 spiro atoms. The Morgan fingerprint density at radius 3 is 2.50 bits per heavy atom. The Labute approximate surface area is 106 Å². The molecule has 0 radical (unpaired) electrons. The van der Waals surface area contributed by atoms with Gasteiger partial charge in [-0.3, -0.25) is 4.90 Å². The lowest BCUT2D eigenvalue weighted by Gasteiger charge is -2.42. The molecule has 0 aliphatic carbocycles. The molecule has 0 unspecified atom stereocenters. The first kappa shape index (κ1) is 12.6. The number of piperazine rings is 1. The predicted molar refractivity (Wildman–Crippen MR) is 67.8 cm³/mol. The third kappa shape index (κ3) is 2.37. The van der Waals surface area contributed by atoms with Gasteiger partial charge >= 0.3 is 6.09 Å². The molecule has 98 valence electrons. The van der Waals surface area contributed by atoms with Crippen LogP contribution in [0.15, 0.2) is 12.3 Å². The molecule has 0 bridgehead atoms. The first-order valence-corrected chi connectivity index (χ1v) is 6.05. The lowest BCUT2D eigenvalue weighted by atomic mass is 10.1. The fourth-order valence-corrected chi connectivity index (χ4v) is 2.45. The normalized spacial score (nSPS) is 24.2. The van der Waals surface area contributed by atoms with Crippen LogP contribution in [-0.2, 0) is 0 Å². The molecule has 1 amide bonds. The average Bonchev–Trinajstić information content (AvgIpc) is 2.27. The molecule has 1 fully saturated rings. The van der Waals surface area contributed by atoms with Crippen LogP contribution in [0.5, 0.6) is 0 Å². The van der Waals surface area contributed by atoms with Crippen molar-refractivity contribution >= 4 is 12.0 Å². The van der Waals surface area contributed by atoms with Crippen LogP contribution < -0.4 is 4.90 Å². The number of nitrogens with zero attached hydrogens (tertiary/aromatic N) is 4. The van der Waals surface area contributed by atoms with Crippen molar-refractivity contribution < 1.29 is 9.90 Å². The zero-order valence-corrected chi connectivity index (χ0v) is 10.9. The smallest absolute Gasteiger partial charge is 0.407 e. The summed E-state index contributed by atoms with van der Waals surface area (Å²) in [6.45, 7) is 6.99. The number of hydrogen-bond acceptors (Lipinski definition) is 4. The van der Waals surface area contributed by atoms with E-state index in [0.29, 0.717) is 19.0 Å². The molecule has 6 heteroatoms. The minimum atomic E-state index is -0.861. The highest BCUT2D eigenvalue weighted by Crippen LogP contribution is 2.19. The van der Waals surface area contributed by atoms with Crippen molar-refractivity contribution in [2.24, 2.45) is 0 Å². The number of hydrogen-bond donors (Lipinski definition) is 1. The van der Waals surface area contributed by atoms with Crippen molar-refractivity contribution in [3.05, 3.63) is 18.0 Å². The average molecular weight is 250 g/mol.